The number of aromatic nitrogens is 2. The number of nitrogens with one attached hydrogen (secondary N) is 1. The van der Waals surface area contributed by atoms with Gasteiger partial charge in [0.15, 0.2) is 5.16 Å². The van der Waals surface area contributed by atoms with Crippen molar-refractivity contribution in [2.45, 2.75) is 25.0 Å². The highest BCUT2D eigenvalue weighted by Crippen LogP contribution is 2.18. The first-order chi connectivity index (χ1) is 10.4. The number of nitrogens with two attached hydrogens (primary N) is 1. The summed E-state index contributed by atoms with van der Waals surface area (Å²) in [7, 11) is 0. The molecule has 0 radical (unpaired) electrons. The minimum atomic E-state index is -0.0657. The number of halogens is 1. The van der Waals surface area contributed by atoms with E-state index in [1.807, 2.05) is 38.1 Å². The Hall–Kier alpha value is -1.60. The number of hydrogen-bond donors (Lipinski definition) is 2. The zero-order valence-corrected chi connectivity index (χ0v) is 14.7. The number of aryl methyl sites for hydroxylation is 1. The Bertz CT molecular complexity index is 643. The van der Waals surface area contributed by atoms with Crippen LogP contribution >= 0.6 is 27.7 Å². The fourth-order valence-electron chi connectivity index (χ4n) is 1.88. The van der Waals surface area contributed by atoms with Gasteiger partial charge in [0.2, 0.25) is 5.91 Å². The maximum Gasteiger partial charge on any atom is 0.230 e. The van der Waals surface area contributed by atoms with Crippen molar-refractivity contribution in [2.24, 2.45) is 0 Å². The summed E-state index contributed by atoms with van der Waals surface area (Å²) in [4.78, 5) is 20.3. The fourth-order valence-corrected chi connectivity index (χ4v) is 2.86. The zero-order chi connectivity index (χ0) is 16.1. The summed E-state index contributed by atoms with van der Waals surface area (Å²) < 4.78 is 1.01. The van der Waals surface area contributed by atoms with E-state index in [2.05, 4.69) is 31.2 Å². The molecule has 1 aromatic heterocycles. The maximum atomic E-state index is 12.0. The fraction of sp³-hybridized carbons (Fsp3) is 0.267. The van der Waals surface area contributed by atoms with E-state index in [1.54, 1.807) is 6.07 Å². The normalized spacial score (nSPS) is 12.0. The Morgan fingerprint density at radius 3 is 2.68 bits per heavy atom. The molecule has 0 unspecified atom stereocenters. The van der Waals surface area contributed by atoms with Crippen molar-refractivity contribution in [1.29, 1.82) is 0 Å². The van der Waals surface area contributed by atoms with Crippen molar-refractivity contribution in [2.75, 3.05) is 11.5 Å². The van der Waals surface area contributed by atoms with Crippen LogP contribution in [-0.4, -0.2) is 21.6 Å². The number of anilines is 1. The summed E-state index contributed by atoms with van der Waals surface area (Å²) in [5, 5.41) is 3.47. The molecule has 2 rings (SSSR count). The average Bonchev–Trinajstić information content (AvgIpc) is 2.45. The largest absolute Gasteiger partial charge is 0.384 e. The van der Waals surface area contributed by atoms with E-state index in [9.17, 15) is 4.79 Å². The minimum absolute atomic E-state index is 0.0512. The number of nitrogens with zero attached hydrogens (tertiary/aromatic N) is 2. The highest BCUT2D eigenvalue weighted by molar-refractivity contribution is 9.10. The van der Waals surface area contributed by atoms with E-state index in [4.69, 9.17) is 5.73 Å². The van der Waals surface area contributed by atoms with Gasteiger partial charge in [-0.1, -0.05) is 39.8 Å². The summed E-state index contributed by atoms with van der Waals surface area (Å²) in [5.74, 6) is 0.603. The quantitative estimate of drug-likeness (QED) is 0.615. The van der Waals surface area contributed by atoms with E-state index < -0.39 is 0 Å². The van der Waals surface area contributed by atoms with Gasteiger partial charge in [-0.25, -0.2) is 9.97 Å². The SMILES string of the molecule is Cc1cc(N)nc(SCC(=O)N[C@H](C)c2ccc(Br)cc2)n1. The molecule has 0 bridgehead atoms. The molecule has 0 fully saturated rings. The number of amides is 1. The van der Waals surface area contributed by atoms with Crippen molar-refractivity contribution in [1.82, 2.24) is 15.3 Å². The molecule has 0 saturated carbocycles. The summed E-state index contributed by atoms with van der Waals surface area (Å²) in [5.41, 5.74) is 7.51. The summed E-state index contributed by atoms with van der Waals surface area (Å²) >= 11 is 4.67. The molecule has 1 aromatic carbocycles. The van der Waals surface area contributed by atoms with Crippen LogP contribution in [-0.2, 0) is 4.79 Å². The van der Waals surface area contributed by atoms with Crippen LogP contribution in [0.2, 0.25) is 0 Å². The van der Waals surface area contributed by atoms with Crippen molar-refractivity contribution in [3.05, 3.63) is 46.1 Å². The molecule has 0 aliphatic rings. The molecule has 1 atom stereocenters. The zero-order valence-electron chi connectivity index (χ0n) is 12.3. The Morgan fingerprint density at radius 1 is 1.36 bits per heavy atom. The summed E-state index contributed by atoms with van der Waals surface area (Å²) in [6.07, 6.45) is 0. The Morgan fingerprint density at radius 2 is 2.05 bits per heavy atom. The minimum Gasteiger partial charge on any atom is -0.384 e. The van der Waals surface area contributed by atoms with Crippen molar-refractivity contribution >= 4 is 39.4 Å². The van der Waals surface area contributed by atoms with Crippen LogP contribution in [0.4, 0.5) is 5.82 Å². The first-order valence-corrected chi connectivity index (χ1v) is 8.50. The topological polar surface area (TPSA) is 80.9 Å². The van der Waals surface area contributed by atoms with Gasteiger partial charge in [0.25, 0.3) is 0 Å². The molecule has 3 N–H and O–H groups in total. The molecule has 0 aliphatic carbocycles. The lowest BCUT2D eigenvalue weighted by molar-refractivity contribution is -0.119. The van der Waals surface area contributed by atoms with Gasteiger partial charge in [-0.3, -0.25) is 4.79 Å². The third-order valence-corrected chi connectivity index (χ3v) is 4.31. The average molecular weight is 381 g/mol. The first-order valence-electron chi connectivity index (χ1n) is 6.73. The molecule has 22 heavy (non-hydrogen) atoms. The Kier molecular flexibility index (Phi) is 5.79. The summed E-state index contributed by atoms with van der Waals surface area (Å²) in [6.45, 7) is 3.80. The van der Waals surface area contributed by atoms with E-state index in [-0.39, 0.29) is 17.7 Å². The molecule has 1 heterocycles. The van der Waals surface area contributed by atoms with Crippen LogP contribution in [0.15, 0.2) is 40.0 Å². The molecule has 2 aromatic rings. The molecule has 0 spiro atoms. The Balaban J connectivity index is 1.88. The number of rotatable bonds is 5. The molecule has 0 aliphatic heterocycles. The molecular weight excluding hydrogens is 364 g/mol. The lowest BCUT2D eigenvalue weighted by atomic mass is 10.1. The van der Waals surface area contributed by atoms with Gasteiger partial charge in [0, 0.05) is 16.2 Å². The number of carbonyl (C=O) groups is 1. The van der Waals surface area contributed by atoms with Crippen molar-refractivity contribution in [3.8, 4) is 0 Å². The highest BCUT2D eigenvalue weighted by Gasteiger charge is 2.11. The van der Waals surface area contributed by atoms with Gasteiger partial charge in [0.05, 0.1) is 11.8 Å². The van der Waals surface area contributed by atoms with Crippen LogP contribution in [0.25, 0.3) is 0 Å². The second-order valence-corrected chi connectivity index (χ2v) is 6.70. The smallest absolute Gasteiger partial charge is 0.230 e. The number of benzene rings is 1. The van der Waals surface area contributed by atoms with Gasteiger partial charge in [-0.15, -0.1) is 0 Å². The maximum absolute atomic E-state index is 12.0. The lowest BCUT2D eigenvalue weighted by Crippen LogP contribution is -2.28. The van der Waals surface area contributed by atoms with E-state index in [0.717, 1.165) is 15.7 Å². The first kappa shape index (κ1) is 16.8. The number of carbonyl (C=O) groups excluding carboxylic acids is 1. The standard InChI is InChI=1S/C15H17BrN4OS/c1-9-7-13(17)20-15(18-9)22-8-14(21)19-10(2)11-3-5-12(16)6-4-11/h3-7,10H,8H2,1-2H3,(H,19,21)(H2,17,18,20)/t10-/m1/s1. The number of hydrogen-bond acceptors (Lipinski definition) is 5. The molecular formula is C15H17BrN4OS. The second kappa shape index (κ2) is 7.60. The third-order valence-electron chi connectivity index (χ3n) is 2.93. The van der Waals surface area contributed by atoms with Crippen LogP contribution in [0.1, 0.15) is 24.2 Å². The van der Waals surface area contributed by atoms with Crippen LogP contribution < -0.4 is 11.1 Å². The van der Waals surface area contributed by atoms with E-state index >= 15 is 0 Å². The van der Waals surface area contributed by atoms with E-state index in [1.165, 1.54) is 11.8 Å². The van der Waals surface area contributed by atoms with Crippen LogP contribution in [0, 0.1) is 6.92 Å². The second-order valence-electron chi connectivity index (χ2n) is 4.85. The molecule has 5 nitrogen and oxygen atoms in total. The monoisotopic (exact) mass is 380 g/mol. The molecule has 116 valence electrons. The summed E-state index contributed by atoms with van der Waals surface area (Å²) in [6, 6.07) is 9.51. The van der Waals surface area contributed by atoms with Gasteiger partial charge < -0.3 is 11.1 Å². The Labute approximate surface area is 142 Å². The highest BCUT2D eigenvalue weighted by atomic mass is 79.9. The van der Waals surface area contributed by atoms with Gasteiger partial charge in [-0.2, -0.15) is 0 Å². The lowest BCUT2D eigenvalue weighted by Gasteiger charge is -2.14. The number of nitrogen functional groups attached to an aromatic ring is 1. The molecule has 7 heteroatoms. The predicted molar refractivity (Wildman–Crippen MR) is 92.6 cm³/mol. The van der Waals surface area contributed by atoms with Gasteiger partial charge in [0.1, 0.15) is 5.82 Å². The number of thioether (sulfide) groups is 1. The van der Waals surface area contributed by atoms with Gasteiger partial charge in [-0.05, 0) is 31.5 Å². The third kappa shape index (κ3) is 4.99. The predicted octanol–water partition coefficient (Wildman–Crippen LogP) is 3.10. The molecule has 0 saturated heterocycles. The van der Waals surface area contributed by atoms with E-state index in [0.29, 0.717) is 11.0 Å². The van der Waals surface area contributed by atoms with Crippen molar-refractivity contribution < 1.29 is 4.79 Å². The van der Waals surface area contributed by atoms with Crippen LogP contribution in [0.3, 0.4) is 0 Å². The van der Waals surface area contributed by atoms with Crippen molar-refractivity contribution in [3.63, 3.8) is 0 Å². The van der Waals surface area contributed by atoms with Gasteiger partial charge >= 0.3 is 0 Å². The van der Waals surface area contributed by atoms with Crippen LogP contribution in [0.5, 0.6) is 0 Å². The molecule has 1 amide bonds.